The normalized spacial score (nSPS) is 12.3. The van der Waals surface area contributed by atoms with Gasteiger partial charge in [-0.3, -0.25) is 4.79 Å². The van der Waals surface area contributed by atoms with Crippen molar-refractivity contribution in [3.63, 3.8) is 0 Å². The standard InChI is InChI=1S/C16H21NO2/c1-10(2)8-13(18)11-6-7-14-12(9-11)17-15(19-14)16(3,4)5/h6-7,9-10H,8H2,1-5H3. The van der Waals surface area contributed by atoms with Crippen LogP contribution in [0.15, 0.2) is 22.6 Å². The topological polar surface area (TPSA) is 43.1 Å². The van der Waals surface area contributed by atoms with Gasteiger partial charge in [0.2, 0.25) is 5.89 Å². The van der Waals surface area contributed by atoms with Crippen molar-refractivity contribution in [3.8, 4) is 0 Å². The Morgan fingerprint density at radius 2 is 2.00 bits per heavy atom. The highest BCUT2D eigenvalue weighted by Gasteiger charge is 2.21. The summed E-state index contributed by atoms with van der Waals surface area (Å²) in [4.78, 5) is 16.5. The lowest BCUT2D eigenvalue weighted by atomic mass is 9.97. The second-order valence-corrected chi connectivity index (χ2v) is 6.47. The Morgan fingerprint density at radius 3 is 2.58 bits per heavy atom. The highest BCUT2D eigenvalue weighted by atomic mass is 16.3. The molecule has 0 bridgehead atoms. The van der Waals surface area contributed by atoms with Gasteiger partial charge >= 0.3 is 0 Å². The van der Waals surface area contributed by atoms with Crippen LogP contribution < -0.4 is 0 Å². The molecule has 3 nitrogen and oxygen atoms in total. The van der Waals surface area contributed by atoms with E-state index in [9.17, 15) is 4.79 Å². The molecule has 0 unspecified atom stereocenters. The average Bonchev–Trinajstić information content (AvgIpc) is 2.69. The quantitative estimate of drug-likeness (QED) is 0.769. The van der Waals surface area contributed by atoms with Crippen LogP contribution in [0.5, 0.6) is 0 Å². The summed E-state index contributed by atoms with van der Waals surface area (Å²) in [5.74, 6) is 1.24. The van der Waals surface area contributed by atoms with Gasteiger partial charge in [0, 0.05) is 17.4 Å². The van der Waals surface area contributed by atoms with Crippen molar-refractivity contribution < 1.29 is 9.21 Å². The van der Waals surface area contributed by atoms with Crippen molar-refractivity contribution in [2.75, 3.05) is 0 Å². The third kappa shape index (κ3) is 3.03. The number of oxazole rings is 1. The molecule has 0 saturated heterocycles. The van der Waals surface area contributed by atoms with Crippen molar-refractivity contribution in [1.29, 1.82) is 0 Å². The van der Waals surface area contributed by atoms with Crippen molar-refractivity contribution in [1.82, 2.24) is 4.98 Å². The lowest BCUT2D eigenvalue weighted by Gasteiger charge is -2.11. The summed E-state index contributed by atoms with van der Waals surface area (Å²) in [6.45, 7) is 10.3. The molecule has 0 radical (unpaired) electrons. The van der Waals surface area contributed by atoms with E-state index in [4.69, 9.17) is 4.42 Å². The van der Waals surface area contributed by atoms with E-state index in [1.165, 1.54) is 0 Å². The predicted molar refractivity (Wildman–Crippen MR) is 76.5 cm³/mol. The van der Waals surface area contributed by atoms with E-state index in [-0.39, 0.29) is 11.2 Å². The summed E-state index contributed by atoms with van der Waals surface area (Å²) in [5, 5.41) is 0. The number of ketones is 1. The van der Waals surface area contributed by atoms with E-state index in [0.717, 1.165) is 16.7 Å². The number of fused-ring (bicyclic) bond motifs is 1. The SMILES string of the molecule is CC(C)CC(=O)c1ccc2oc(C(C)(C)C)nc2c1. The van der Waals surface area contributed by atoms with Gasteiger partial charge in [0.1, 0.15) is 5.52 Å². The van der Waals surface area contributed by atoms with Gasteiger partial charge in [0.15, 0.2) is 11.4 Å². The molecule has 3 heteroatoms. The minimum Gasteiger partial charge on any atom is -0.440 e. The van der Waals surface area contributed by atoms with Crippen molar-refractivity contribution in [2.45, 2.75) is 46.5 Å². The molecule has 0 amide bonds. The zero-order valence-electron chi connectivity index (χ0n) is 12.3. The molecule has 1 heterocycles. The van der Waals surface area contributed by atoms with Crippen LogP contribution in [-0.4, -0.2) is 10.8 Å². The average molecular weight is 259 g/mol. The number of nitrogens with zero attached hydrogens (tertiary/aromatic N) is 1. The smallest absolute Gasteiger partial charge is 0.200 e. The fourth-order valence-electron chi connectivity index (χ4n) is 1.91. The Bertz CT molecular complexity index is 603. The Morgan fingerprint density at radius 1 is 1.32 bits per heavy atom. The van der Waals surface area contributed by atoms with Crippen LogP contribution >= 0.6 is 0 Å². The molecule has 0 fully saturated rings. The molecule has 1 aromatic carbocycles. The number of aromatic nitrogens is 1. The van der Waals surface area contributed by atoms with E-state index in [0.29, 0.717) is 18.2 Å². The first-order chi connectivity index (χ1) is 8.77. The van der Waals surface area contributed by atoms with Gasteiger partial charge in [0.05, 0.1) is 0 Å². The zero-order valence-corrected chi connectivity index (χ0v) is 12.3. The molecule has 102 valence electrons. The second-order valence-electron chi connectivity index (χ2n) is 6.47. The maximum Gasteiger partial charge on any atom is 0.200 e. The summed E-state index contributed by atoms with van der Waals surface area (Å²) < 4.78 is 5.73. The van der Waals surface area contributed by atoms with Crippen LogP contribution in [0.2, 0.25) is 0 Å². The van der Waals surface area contributed by atoms with Gasteiger partial charge in [-0.25, -0.2) is 4.98 Å². The Hall–Kier alpha value is -1.64. The van der Waals surface area contributed by atoms with E-state index in [2.05, 4.69) is 25.8 Å². The largest absolute Gasteiger partial charge is 0.440 e. The summed E-state index contributed by atoms with van der Waals surface area (Å²) in [6, 6.07) is 5.49. The first-order valence-electron chi connectivity index (χ1n) is 6.71. The fourth-order valence-corrected chi connectivity index (χ4v) is 1.91. The van der Waals surface area contributed by atoms with Crippen molar-refractivity contribution >= 4 is 16.9 Å². The number of carbonyl (C=O) groups excluding carboxylic acids is 1. The molecule has 2 rings (SSSR count). The van der Waals surface area contributed by atoms with Crippen LogP contribution in [-0.2, 0) is 5.41 Å². The number of hydrogen-bond donors (Lipinski definition) is 0. The minimum atomic E-state index is -0.124. The monoisotopic (exact) mass is 259 g/mol. The summed E-state index contributed by atoms with van der Waals surface area (Å²) in [5.41, 5.74) is 2.10. The Labute approximate surface area is 114 Å². The third-order valence-corrected chi connectivity index (χ3v) is 2.94. The fraction of sp³-hybridized carbons (Fsp3) is 0.500. The molecular formula is C16H21NO2. The molecule has 0 spiro atoms. The Kier molecular flexibility index (Phi) is 3.48. The van der Waals surface area contributed by atoms with Gasteiger partial charge < -0.3 is 4.42 Å². The maximum atomic E-state index is 12.0. The van der Waals surface area contributed by atoms with Crippen LogP contribution in [0, 0.1) is 5.92 Å². The summed E-state index contributed by atoms with van der Waals surface area (Å²) in [6.07, 6.45) is 0.565. The van der Waals surface area contributed by atoms with E-state index in [1.54, 1.807) is 0 Å². The molecule has 2 aromatic rings. The van der Waals surface area contributed by atoms with Crippen molar-refractivity contribution in [3.05, 3.63) is 29.7 Å². The second kappa shape index (κ2) is 4.80. The summed E-state index contributed by atoms with van der Waals surface area (Å²) in [7, 11) is 0. The van der Waals surface area contributed by atoms with Crippen LogP contribution in [0.25, 0.3) is 11.1 Å². The lowest BCUT2D eigenvalue weighted by Crippen LogP contribution is -2.10. The lowest BCUT2D eigenvalue weighted by molar-refractivity contribution is 0.0968. The van der Waals surface area contributed by atoms with Gasteiger partial charge in [-0.15, -0.1) is 0 Å². The number of hydrogen-bond acceptors (Lipinski definition) is 3. The molecule has 0 saturated carbocycles. The maximum absolute atomic E-state index is 12.0. The van der Waals surface area contributed by atoms with E-state index >= 15 is 0 Å². The summed E-state index contributed by atoms with van der Waals surface area (Å²) >= 11 is 0. The highest BCUT2D eigenvalue weighted by Crippen LogP contribution is 2.26. The molecule has 0 aliphatic heterocycles. The number of Topliss-reactive ketones (excluding diaryl/α,β-unsaturated/α-hetero) is 1. The minimum absolute atomic E-state index is 0.124. The molecule has 0 N–H and O–H groups in total. The van der Waals surface area contributed by atoms with E-state index < -0.39 is 0 Å². The molecule has 19 heavy (non-hydrogen) atoms. The van der Waals surface area contributed by atoms with Gasteiger partial charge in [-0.1, -0.05) is 34.6 Å². The molecule has 0 aliphatic rings. The number of carbonyl (C=O) groups is 1. The van der Waals surface area contributed by atoms with Crippen molar-refractivity contribution in [2.24, 2.45) is 5.92 Å². The molecular weight excluding hydrogens is 238 g/mol. The third-order valence-electron chi connectivity index (χ3n) is 2.94. The van der Waals surface area contributed by atoms with Crippen LogP contribution in [0.4, 0.5) is 0 Å². The van der Waals surface area contributed by atoms with E-state index in [1.807, 2.05) is 32.0 Å². The zero-order chi connectivity index (χ0) is 14.2. The first kappa shape index (κ1) is 13.8. The van der Waals surface area contributed by atoms with Gasteiger partial charge in [0.25, 0.3) is 0 Å². The van der Waals surface area contributed by atoms with Gasteiger partial charge in [-0.2, -0.15) is 0 Å². The number of benzene rings is 1. The van der Waals surface area contributed by atoms with Gasteiger partial charge in [-0.05, 0) is 24.1 Å². The first-order valence-corrected chi connectivity index (χ1v) is 6.71. The van der Waals surface area contributed by atoms with Crippen LogP contribution in [0.1, 0.15) is 57.3 Å². The molecule has 0 aliphatic carbocycles. The predicted octanol–water partition coefficient (Wildman–Crippen LogP) is 4.35. The number of rotatable bonds is 3. The highest BCUT2D eigenvalue weighted by molar-refractivity contribution is 5.98. The Balaban J connectivity index is 2.38. The van der Waals surface area contributed by atoms with Crippen LogP contribution in [0.3, 0.4) is 0 Å². The molecule has 0 atom stereocenters. The molecule has 1 aromatic heterocycles.